The van der Waals surface area contributed by atoms with Crippen LogP contribution in [0.2, 0.25) is 0 Å². The van der Waals surface area contributed by atoms with Gasteiger partial charge in [0.15, 0.2) is 0 Å². The molecule has 0 spiro atoms. The van der Waals surface area contributed by atoms with E-state index in [-0.39, 0.29) is 25.4 Å². The fourth-order valence-electron chi connectivity index (χ4n) is 1.30. The third-order valence-corrected chi connectivity index (χ3v) is 1.87. The van der Waals surface area contributed by atoms with Gasteiger partial charge in [0.25, 0.3) is 0 Å². The zero-order valence-electron chi connectivity index (χ0n) is 5.83. The maximum absolute atomic E-state index is 11.0. The molecule has 1 aromatic rings. The standard InChI is InChI=1S/C9H6O2.CH4/c10-8-5-6-3-1-2-4-7(6)9(8)11;/h1-4H,5H2;1H4. The summed E-state index contributed by atoms with van der Waals surface area (Å²) >= 11 is 0. The Balaban J connectivity index is 0.000000720. The van der Waals surface area contributed by atoms with Crippen molar-refractivity contribution >= 4 is 11.6 Å². The summed E-state index contributed by atoms with van der Waals surface area (Å²) in [7, 11) is 0. The van der Waals surface area contributed by atoms with E-state index in [1.54, 1.807) is 12.1 Å². The third kappa shape index (κ3) is 1.05. The summed E-state index contributed by atoms with van der Waals surface area (Å²) < 4.78 is 0. The normalized spacial score (nSPS) is 14.0. The summed E-state index contributed by atoms with van der Waals surface area (Å²) in [4.78, 5) is 21.9. The summed E-state index contributed by atoms with van der Waals surface area (Å²) in [6.07, 6.45) is 0.287. The molecule has 0 amide bonds. The van der Waals surface area contributed by atoms with E-state index in [0.717, 1.165) is 5.56 Å². The van der Waals surface area contributed by atoms with Gasteiger partial charge in [-0.3, -0.25) is 9.59 Å². The van der Waals surface area contributed by atoms with Gasteiger partial charge in [0.2, 0.25) is 11.6 Å². The van der Waals surface area contributed by atoms with Crippen molar-refractivity contribution in [2.75, 3.05) is 0 Å². The van der Waals surface area contributed by atoms with E-state index >= 15 is 0 Å². The lowest BCUT2D eigenvalue weighted by molar-refractivity contribution is -0.114. The summed E-state index contributed by atoms with van der Waals surface area (Å²) in [5, 5.41) is 0. The van der Waals surface area contributed by atoms with Crippen LogP contribution in [0.5, 0.6) is 0 Å². The molecule has 0 atom stereocenters. The first kappa shape index (κ1) is 8.65. The van der Waals surface area contributed by atoms with Crippen LogP contribution in [0.1, 0.15) is 23.3 Å². The molecule has 0 radical (unpaired) electrons. The molecule has 1 aliphatic rings. The molecule has 2 rings (SSSR count). The smallest absolute Gasteiger partial charge is 0.229 e. The van der Waals surface area contributed by atoms with Gasteiger partial charge in [-0.2, -0.15) is 0 Å². The second-order valence-corrected chi connectivity index (χ2v) is 2.59. The number of benzene rings is 1. The van der Waals surface area contributed by atoms with Crippen molar-refractivity contribution in [3.63, 3.8) is 0 Å². The number of hydrogen-bond acceptors (Lipinski definition) is 2. The molecule has 62 valence electrons. The summed E-state index contributed by atoms with van der Waals surface area (Å²) in [5.74, 6) is -0.619. The second kappa shape index (κ2) is 2.89. The monoisotopic (exact) mass is 162 g/mol. The molecule has 0 saturated carbocycles. The fourth-order valence-corrected chi connectivity index (χ4v) is 1.30. The molecule has 0 heterocycles. The number of ketones is 2. The largest absolute Gasteiger partial charge is 0.290 e. The molecule has 2 nitrogen and oxygen atoms in total. The van der Waals surface area contributed by atoms with E-state index in [9.17, 15) is 9.59 Å². The molecule has 1 aliphatic carbocycles. The predicted octanol–water partition coefficient (Wildman–Crippen LogP) is 1.63. The zero-order chi connectivity index (χ0) is 7.84. The fraction of sp³-hybridized carbons (Fsp3) is 0.200. The Morgan fingerprint density at radius 1 is 1.08 bits per heavy atom. The van der Waals surface area contributed by atoms with E-state index < -0.39 is 0 Å². The Hall–Kier alpha value is -1.44. The lowest BCUT2D eigenvalue weighted by Gasteiger charge is -1.90. The minimum absolute atomic E-state index is 0. The van der Waals surface area contributed by atoms with Crippen LogP contribution in [0, 0.1) is 0 Å². The molecule has 1 aromatic carbocycles. The van der Waals surface area contributed by atoms with Gasteiger partial charge < -0.3 is 0 Å². The maximum atomic E-state index is 11.0. The van der Waals surface area contributed by atoms with Crippen molar-refractivity contribution in [2.45, 2.75) is 13.8 Å². The first-order chi connectivity index (χ1) is 5.29. The predicted molar refractivity (Wildman–Crippen MR) is 46.2 cm³/mol. The van der Waals surface area contributed by atoms with Crippen LogP contribution in [0.15, 0.2) is 24.3 Å². The molecule has 0 unspecified atom stereocenters. The average Bonchev–Trinajstić information content (AvgIpc) is 2.30. The topological polar surface area (TPSA) is 34.1 Å². The summed E-state index contributed by atoms with van der Waals surface area (Å²) in [5.41, 5.74) is 1.44. The number of fused-ring (bicyclic) bond motifs is 1. The van der Waals surface area contributed by atoms with Crippen molar-refractivity contribution in [1.82, 2.24) is 0 Å². The Bertz CT molecular complexity index is 339. The quantitative estimate of drug-likeness (QED) is 0.543. The minimum atomic E-state index is -0.333. The highest BCUT2D eigenvalue weighted by atomic mass is 16.2. The highest BCUT2D eigenvalue weighted by Crippen LogP contribution is 2.18. The van der Waals surface area contributed by atoms with Gasteiger partial charge in [0.1, 0.15) is 0 Å². The summed E-state index contributed by atoms with van der Waals surface area (Å²) in [6.45, 7) is 0. The van der Waals surface area contributed by atoms with E-state index in [1.807, 2.05) is 12.1 Å². The SMILES string of the molecule is C.O=C1Cc2ccccc2C1=O. The van der Waals surface area contributed by atoms with E-state index in [2.05, 4.69) is 0 Å². The average molecular weight is 162 g/mol. The van der Waals surface area contributed by atoms with Crippen LogP contribution in [0.4, 0.5) is 0 Å². The van der Waals surface area contributed by atoms with Crippen LogP contribution >= 0.6 is 0 Å². The van der Waals surface area contributed by atoms with Crippen molar-refractivity contribution in [2.24, 2.45) is 0 Å². The number of carbonyl (C=O) groups excluding carboxylic acids is 2. The lowest BCUT2D eigenvalue weighted by atomic mass is 10.1. The third-order valence-electron chi connectivity index (χ3n) is 1.87. The number of rotatable bonds is 0. The highest BCUT2D eigenvalue weighted by Gasteiger charge is 2.26. The Kier molecular flexibility index (Phi) is 2.09. The van der Waals surface area contributed by atoms with Crippen LogP contribution < -0.4 is 0 Å². The Labute approximate surface area is 71.2 Å². The Morgan fingerprint density at radius 3 is 2.42 bits per heavy atom. The zero-order valence-corrected chi connectivity index (χ0v) is 5.83. The first-order valence-electron chi connectivity index (χ1n) is 3.44. The molecule has 0 aliphatic heterocycles. The second-order valence-electron chi connectivity index (χ2n) is 2.59. The van der Waals surface area contributed by atoms with Gasteiger partial charge in [-0.15, -0.1) is 0 Å². The van der Waals surface area contributed by atoms with Gasteiger partial charge in [-0.25, -0.2) is 0 Å². The van der Waals surface area contributed by atoms with Crippen LogP contribution in [0.3, 0.4) is 0 Å². The molecule has 12 heavy (non-hydrogen) atoms. The Morgan fingerprint density at radius 2 is 1.75 bits per heavy atom. The number of hydrogen-bond donors (Lipinski definition) is 0. The highest BCUT2D eigenvalue weighted by molar-refractivity contribution is 6.47. The van der Waals surface area contributed by atoms with Crippen molar-refractivity contribution in [3.05, 3.63) is 35.4 Å². The number of carbonyl (C=O) groups is 2. The molecule has 0 bridgehead atoms. The molecule has 0 aromatic heterocycles. The van der Waals surface area contributed by atoms with Gasteiger partial charge >= 0.3 is 0 Å². The van der Waals surface area contributed by atoms with Crippen LogP contribution in [-0.4, -0.2) is 11.6 Å². The minimum Gasteiger partial charge on any atom is -0.290 e. The maximum Gasteiger partial charge on any atom is 0.229 e. The first-order valence-corrected chi connectivity index (χ1v) is 3.44. The van der Waals surface area contributed by atoms with Gasteiger partial charge in [-0.05, 0) is 5.56 Å². The molecule has 2 heteroatoms. The molecule has 0 fully saturated rings. The lowest BCUT2D eigenvalue weighted by Crippen LogP contribution is -2.05. The van der Waals surface area contributed by atoms with E-state index in [0.29, 0.717) is 5.56 Å². The summed E-state index contributed by atoms with van der Waals surface area (Å²) in [6, 6.07) is 7.13. The van der Waals surface area contributed by atoms with Crippen molar-refractivity contribution in [1.29, 1.82) is 0 Å². The van der Waals surface area contributed by atoms with Crippen LogP contribution in [-0.2, 0) is 11.2 Å². The van der Waals surface area contributed by atoms with Crippen LogP contribution in [0.25, 0.3) is 0 Å². The van der Waals surface area contributed by atoms with Gasteiger partial charge in [-0.1, -0.05) is 31.7 Å². The van der Waals surface area contributed by atoms with E-state index in [1.165, 1.54) is 0 Å². The molecule has 0 N–H and O–H groups in total. The van der Waals surface area contributed by atoms with Crippen molar-refractivity contribution < 1.29 is 9.59 Å². The van der Waals surface area contributed by atoms with Gasteiger partial charge in [0.05, 0.1) is 0 Å². The molecular formula is C10H10O2. The van der Waals surface area contributed by atoms with Crippen molar-refractivity contribution in [3.8, 4) is 0 Å². The molecular weight excluding hydrogens is 152 g/mol. The number of Topliss-reactive ketones (excluding diaryl/α,β-unsaturated/α-hetero) is 2. The molecule has 0 saturated heterocycles. The van der Waals surface area contributed by atoms with E-state index in [4.69, 9.17) is 0 Å². The van der Waals surface area contributed by atoms with Gasteiger partial charge in [0, 0.05) is 12.0 Å².